The number of hydrogen-bond acceptors (Lipinski definition) is 3. The molecule has 86 valence electrons. The quantitative estimate of drug-likeness (QED) is 0.736. The Kier molecular flexibility index (Phi) is 8.47. The van der Waals surface area contributed by atoms with Gasteiger partial charge in [0.1, 0.15) is 5.76 Å². The summed E-state index contributed by atoms with van der Waals surface area (Å²) in [4.78, 5) is 9.00. The van der Waals surface area contributed by atoms with E-state index >= 15 is 0 Å². The first-order valence-corrected chi connectivity index (χ1v) is 4.99. The van der Waals surface area contributed by atoms with E-state index in [0.29, 0.717) is 6.61 Å². The number of aliphatic hydroxyl groups excluding tert-OH is 1. The molecule has 0 aliphatic rings. The van der Waals surface area contributed by atoms with Crippen LogP contribution >= 0.6 is 0 Å². The fourth-order valence-corrected chi connectivity index (χ4v) is 1.04. The second-order valence-corrected chi connectivity index (χ2v) is 3.13. The zero-order valence-corrected chi connectivity index (χ0v) is 8.98. The molecule has 0 aromatic carbocycles. The molecule has 0 aliphatic heterocycles. The molecule has 1 rings (SSSR count). The monoisotopic (exact) mass is 214 g/mol. The van der Waals surface area contributed by atoms with E-state index in [4.69, 9.17) is 19.4 Å². The van der Waals surface area contributed by atoms with Crippen molar-refractivity contribution in [1.29, 1.82) is 0 Å². The highest BCUT2D eigenvalue weighted by Gasteiger charge is 1.94. The van der Waals surface area contributed by atoms with Gasteiger partial charge in [0.2, 0.25) is 0 Å². The lowest BCUT2D eigenvalue weighted by molar-refractivity contribution is -0.134. The topological polar surface area (TPSA) is 70.7 Å². The highest BCUT2D eigenvalue weighted by Crippen LogP contribution is 2.06. The largest absolute Gasteiger partial charge is 0.481 e. The van der Waals surface area contributed by atoms with Gasteiger partial charge in [0.05, 0.1) is 6.26 Å². The minimum atomic E-state index is -0.833. The summed E-state index contributed by atoms with van der Waals surface area (Å²) in [5.74, 6) is 0.211. The number of unbranched alkanes of at least 4 members (excludes halogenated alkanes) is 2. The molecule has 0 bridgehead atoms. The Morgan fingerprint density at radius 1 is 1.40 bits per heavy atom. The summed E-state index contributed by atoms with van der Waals surface area (Å²) in [6.45, 7) is 1.39. The number of carbonyl (C=O) groups is 1. The molecule has 1 heterocycles. The molecule has 0 amide bonds. The maximum atomic E-state index is 9.00. The molecule has 4 heteroatoms. The number of carboxylic acid groups (broad SMARTS) is 1. The van der Waals surface area contributed by atoms with Crippen LogP contribution in [0.3, 0.4) is 0 Å². The van der Waals surface area contributed by atoms with Crippen molar-refractivity contribution in [2.45, 2.75) is 32.6 Å². The number of aliphatic carboxylic acids is 1. The van der Waals surface area contributed by atoms with E-state index in [0.717, 1.165) is 38.4 Å². The van der Waals surface area contributed by atoms with E-state index < -0.39 is 5.97 Å². The average molecular weight is 214 g/mol. The summed E-state index contributed by atoms with van der Waals surface area (Å²) in [5, 5.41) is 15.9. The van der Waals surface area contributed by atoms with Crippen LogP contribution in [0.2, 0.25) is 0 Å². The van der Waals surface area contributed by atoms with Crippen molar-refractivity contribution in [3.8, 4) is 0 Å². The Morgan fingerprint density at radius 3 is 2.53 bits per heavy atom. The van der Waals surface area contributed by atoms with E-state index in [9.17, 15) is 0 Å². The van der Waals surface area contributed by atoms with Crippen LogP contribution in [0.5, 0.6) is 0 Å². The van der Waals surface area contributed by atoms with Crippen molar-refractivity contribution in [3.63, 3.8) is 0 Å². The van der Waals surface area contributed by atoms with E-state index in [1.165, 1.54) is 0 Å². The molecule has 1 aromatic heterocycles. The van der Waals surface area contributed by atoms with Crippen molar-refractivity contribution in [1.82, 2.24) is 0 Å². The molecule has 1 aromatic rings. The van der Waals surface area contributed by atoms with Crippen molar-refractivity contribution < 1.29 is 19.4 Å². The van der Waals surface area contributed by atoms with Gasteiger partial charge in [0, 0.05) is 20.0 Å². The average Bonchev–Trinajstić information content (AvgIpc) is 2.64. The first-order valence-electron chi connectivity index (χ1n) is 4.99. The normalized spacial score (nSPS) is 9.20. The molecular formula is C11H18O4. The lowest BCUT2D eigenvalue weighted by atomic mass is 10.2. The predicted molar refractivity (Wildman–Crippen MR) is 56.7 cm³/mol. The number of rotatable bonds is 5. The summed E-state index contributed by atoms with van der Waals surface area (Å²) in [5.41, 5.74) is 0. The predicted octanol–water partition coefficient (Wildman–Crippen LogP) is 2.08. The first-order chi connectivity index (χ1) is 7.16. The molecule has 0 fully saturated rings. The summed E-state index contributed by atoms with van der Waals surface area (Å²) in [6.07, 6.45) is 5.78. The molecule has 0 aliphatic carbocycles. The van der Waals surface area contributed by atoms with Gasteiger partial charge in [-0.2, -0.15) is 0 Å². The van der Waals surface area contributed by atoms with Crippen LogP contribution in [-0.2, 0) is 11.2 Å². The van der Waals surface area contributed by atoms with Gasteiger partial charge >= 0.3 is 0 Å². The molecule has 4 nitrogen and oxygen atoms in total. The van der Waals surface area contributed by atoms with Crippen LogP contribution in [0.1, 0.15) is 31.9 Å². The van der Waals surface area contributed by atoms with Crippen molar-refractivity contribution in [2.24, 2.45) is 0 Å². The number of hydrogen-bond donors (Lipinski definition) is 2. The Hall–Kier alpha value is -1.29. The lowest BCUT2D eigenvalue weighted by Gasteiger charge is -1.95. The van der Waals surface area contributed by atoms with Gasteiger partial charge in [-0.3, -0.25) is 4.79 Å². The van der Waals surface area contributed by atoms with Crippen LogP contribution in [0.4, 0.5) is 0 Å². The van der Waals surface area contributed by atoms with Crippen LogP contribution in [0, 0.1) is 0 Å². The molecule has 0 atom stereocenters. The zero-order valence-electron chi connectivity index (χ0n) is 8.98. The van der Waals surface area contributed by atoms with Gasteiger partial charge in [-0.05, 0) is 25.0 Å². The Labute approximate surface area is 89.5 Å². The summed E-state index contributed by atoms with van der Waals surface area (Å²) < 4.78 is 5.15. The van der Waals surface area contributed by atoms with Crippen molar-refractivity contribution in [3.05, 3.63) is 24.2 Å². The second kappa shape index (κ2) is 9.27. The first kappa shape index (κ1) is 13.7. The fraction of sp³-hybridized carbons (Fsp3) is 0.545. The van der Waals surface area contributed by atoms with Crippen LogP contribution < -0.4 is 0 Å². The third kappa shape index (κ3) is 10.6. The number of aryl methyl sites for hydroxylation is 1. The standard InChI is InChI=1S/C9H14O2.C2H4O2/c10-7-3-1-2-5-9-6-4-8-11-9;1-2(3)4/h4,6,8,10H,1-3,5,7H2;1H3,(H,3,4). The number of furan rings is 1. The maximum absolute atomic E-state index is 9.00. The zero-order chi connectivity index (χ0) is 11.5. The molecule has 0 unspecified atom stereocenters. The molecule has 0 spiro atoms. The van der Waals surface area contributed by atoms with Crippen LogP contribution in [0.25, 0.3) is 0 Å². The van der Waals surface area contributed by atoms with Crippen molar-refractivity contribution >= 4 is 5.97 Å². The molecule has 15 heavy (non-hydrogen) atoms. The van der Waals surface area contributed by atoms with Gasteiger partial charge in [0.25, 0.3) is 5.97 Å². The molecule has 2 N–H and O–H groups in total. The maximum Gasteiger partial charge on any atom is 0.300 e. The van der Waals surface area contributed by atoms with Crippen LogP contribution in [0.15, 0.2) is 22.8 Å². The third-order valence-corrected chi connectivity index (χ3v) is 1.66. The van der Waals surface area contributed by atoms with Gasteiger partial charge in [0.15, 0.2) is 0 Å². The molecular weight excluding hydrogens is 196 g/mol. The fourth-order valence-electron chi connectivity index (χ4n) is 1.04. The minimum absolute atomic E-state index is 0.304. The van der Waals surface area contributed by atoms with E-state index in [-0.39, 0.29) is 0 Å². The Balaban J connectivity index is 0.000000423. The van der Waals surface area contributed by atoms with E-state index in [2.05, 4.69) is 0 Å². The van der Waals surface area contributed by atoms with Gasteiger partial charge in [-0.25, -0.2) is 0 Å². The summed E-state index contributed by atoms with van der Waals surface area (Å²) in [6, 6.07) is 3.89. The summed E-state index contributed by atoms with van der Waals surface area (Å²) in [7, 11) is 0. The van der Waals surface area contributed by atoms with Crippen LogP contribution in [-0.4, -0.2) is 22.8 Å². The lowest BCUT2D eigenvalue weighted by Crippen LogP contribution is -1.85. The van der Waals surface area contributed by atoms with Gasteiger partial charge in [-0.1, -0.05) is 6.42 Å². The highest BCUT2D eigenvalue weighted by atomic mass is 16.4. The van der Waals surface area contributed by atoms with E-state index in [1.807, 2.05) is 12.1 Å². The second-order valence-electron chi connectivity index (χ2n) is 3.13. The smallest absolute Gasteiger partial charge is 0.300 e. The van der Waals surface area contributed by atoms with Crippen molar-refractivity contribution in [2.75, 3.05) is 6.61 Å². The Morgan fingerprint density at radius 2 is 2.07 bits per heavy atom. The van der Waals surface area contributed by atoms with Gasteiger partial charge in [-0.15, -0.1) is 0 Å². The number of carboxylic acids is 1. The van der Waals surface area contributed by atoms with E-state index in [1.54, 1.807) is 6.26 Å². The Bertz CT molecular complexity index is 237. The third-order valence-electron chi connectivity index (χ3n) is 1.66. The highest BCUT2D eigenvalue weighted by molar-refractivity contribution is 5.62. The molecule has 0 saturated heterocycles. The summed E-state index contributed by atoms with van der Waals surface area (Å²) >= 11 is 0. The molecule has 0 saturated carbocycles. The SMILES string of the molecule is CC(=O)O.OCCCCCc1ccco1. The van der Waals surface area contributed by atoms with Gasteiger partial charge < -0.3 is 14.6 Å². The minimum Gasteiger partial charge on any atom is -0.481 e. The molecule has 0 radical (unpaired) electrons. The number of aliphatic hydroxyl groups is 1.